The second-order valence-corrected chi connectivity index (χ2v) is 8.71. The Kier molecular flexibility index (Phi) is 6.29. The van der Waals surface area contributed by atoms with Crippen molar-refractivity contribution in [1.82, 2.24) is 15.3 Å². The summed E-state index contributed by atoms with van der Waals surface area (Å²) in [4.78, 5) is 24.5. The molecule has 0 spiro atoms. The lowest BCUT2D eigenvalue weighted by atomic mass is 9.94. The van der Waals surface area contributed by atoms with Gasteiger partial charge in [0, 0.05) is 31.4 Å². The Bertz CT molecular complexity index is 1180. The number of fused-ring (bicyclic) bond motifs is 1. The van der Waals surface area contributed by atoms with E-state index in [4.69, 9.17) is 14.5 Å². The molecule has 1 amide bonds. The van der Waals surface area contributed by atoms with Gasteiger partial charge in [0.05, 0.1) is 0 Å². The predicted molar refractivity (Wildman–Crippen MR) is 126 cm³/mol. The summed E-state index contributed by atoms with van der Waals surface area (Å²) in [5.74, 6) is 1.87. The highest BCUT2D eigenvalue weighted by Crippen LogP contribution is 2.33. The smallest absolute Gasteiger partial charge is 0.256 e. The van der Waals surface area contributed by atoms with Gasteiger partial charge in [-0.25, -0.2) is 14.4 Å². The monoisotopic (exact) mass is 462 g/mol. The summed E-state index contributed by atoms with van der Waals surface area (Å²) in [7, 11) is 1.99. The van der Waals surface area contributed by atoms with E-state index in [0.717, 1.165) is 31.2 Å². The minimum atomic E-state index is -0.317. The van der Waals surface area contributed by atoms with E-state index in [2.05, 4.69) is 15.2 Å². The Labute approximate surface area is 197 Å². The van der Waals surface area contributed by atoms with Gasteiger partial charge in [-0.1, -0.05) is 25.3 Å². The number of hydrogen-bond donors (Lipinski definition) is 1. The molecule has 176 valence electrons. The molecule has 0 unspecified atom stereocenters. The van der Waals surface area contributed by atoms with Crippen LogP contribution in [-0.4, -0.2) is 35.8 Å². The molecule has 2 heterocycles. The summed E-state index contributed by atoms with van der Waals surface area (Å²) in [5, 5.41) is 2.98. The highest BCUT2D eigenvalue weighted by Gasteiger charge is 2.25. The third-order valence-corrected chi connectivity index (χ3v) is 6.46. The Morgan fingerprint density at radius 1 is 1.09 bits per heavy atom. The maximum Gasteiger partial charge on any atom is 0.256 e. The van der Waals surface area contributed by atoms with Gasteiger partial charge in [-0.05, 0) is 54.8 Å². The first kappa shape index (κ1) is 22.1. The first-order chi connectivity index (χ1) is 16.6. The van der Waals surface area contributed by atoms with Crippen LogP contribution in [0, 0.1) is 5.82 Å². The second-order valence-electron chi connectivity index (χ2n) is 8.71. The molecule has 1 aliphatic heterocycles. The fourth-order valence-corrected chi connectivity index (χ4v) is 4.51. The van der Waals surface area contributed by atoms with E-state index in [1.54, 1.807) is 18.3 Å². The van der Waals surface area contributed by atoms with Gasteiger partial charge in [0.15, 0.2) is 17.3 Å². The summed E-state index contributed by atoms with van der Waals surface area (Å²) in [6.45, 7) is 0.543. The van der Waals surface area contributed by atoms with Gasteiger partial charge in [-0.2, -0.15) is 0 Å². The summed E-state index contributed by atoms with van der Waals surface area (Å²) < 4.78 is 24.2. The SMILES string of the molecule is CN(c1nc(-c2ccc(F)cc2)ncc1C(=O)NCc1ccc2c(c1)OCO2)C1CCCCC1. The van der Waals surface area contributed by atoms with Crippen LogP contribution >= 0.6 is 0 Å². The molecule has 3 aromatic rings. The van der Waals surface area contributed by atoms with E-state index in [1.807, 2.05) is 25.2 Å². The van der Waals surface area contributed by atoms with Crippen molar-refractivity contribution in [3.63, 3.8) is 0 Å². The van der Waals surface area contributed by atoms with E-state index in [0.29, 0.717) is 46.9 Å². The van der Waals surface area contributed by atoms with Crippen molar-refractivity contribution in [2.75, 3.05) is 18.7 Å². The fraction of sp³-hybridized carbons (Fsp3) is 0.346. The molecule has 0 radical (unpaired) electrons. The number of rotatable bonds is 6. The van der Waals surface area contributed by atoms with Gasteiger partial charge >= 0.3 is 0 Å². The number of benzene rings is 2. The van der Waals surface area contributed by atoms with Gasteiger partial charge in [-0.3, -0.25) is 4.79 Å². The molecule has 0 atom stereocenters. The largest absolute Gasteiger partial charge is 0.454 e. The van der Waals surface area contributed by atoms with Crippen molar-refractivity contribution in [2.24, 2.45) is 0 Å². The molecular formula is C26H27FN4O3. The van der Waals surface area contributed by atoms with Gasteiger partial charge < -0.3 is 19.7 Å². The van der Waals surface area contributed by atoms with Gasteiger partial charge in [0.2, 0.25) is 6.79 Å². The standard InChI is InChI=1S/C26H27FN4O3/c1-31(20-5-3-2-4-6-20)25-21(15-28-24(30-25)18-8-10-19(27)11-9-18)26(32)29-14-17-7-12-22-23(13-17)34-16-33-22/h7-13,15,20H,2-6,14,16H2,1H3,(H,29,32). The first-order valence-electron chi connectivity index (χ1n) is 11.6. The molecule has 0 saturated heterocycles. The number of amides is 1. The fourth-order valence-electron chi connectivity index (χ4n) is 4.51. The quantitative estimate of drug-likeness (QED) is 0.572. The number of hydrogen-bond acceptors (Lipinski definition) is 6. The number of carbonyl (C=O) groups excluding carboxylic acids is 1. The molecule has 2 aliphatic rings. The van der Waals surface area contributed by atoms with E-state index in [1.165, 1.54) is 18.6 Å². The molecule has 5 rings (SSSR count). The van der Waals surface area contributed by atoms with Crippen LogP contribution < -0.4 is 19.7 Å². The number of ether oxygens (including phenoxy) is 2. The van der Waals surface area contributed by atoms with Crippen molar-refractivity contribution in [3.05, 3.63) is 65.6 Å². The van der Waals surface area contributed by atoms with Crippen molar-refractivity contribution in [3.8, 4) is 22.9 Å². The molecule has 2 aromatic carbocycles. The van der Waals surface area contributed by atoms with E-state index in [-0.39, 0.29) is 18.5 Å². The Hall–Kier alpha value is -3.68. The molecule has 1 fully saturated rings. The van der Waals surface area contributed by atoms with Crippen molar-refractivity contribution in [2.45, 2.75) is 44.7 Å². The maximum absolute atomic E-state index is 13.4. The molecular weight excluding hydrogens is 435 g/mol. The summed E-state index contributed by atoms with van der Waals surface area (Å²) in [6, 6.07) is 12.0. The van der Waals surface area contributed by atoms with E-state index in [9.17, 15) is 9.18 Å². The van der Waals surface area contributed by atoms with Crippen LogP contribution in [0.3, 0.4) is 0 Å². The number of carbonyl (C=O) groups is 1. The molecule has 1 saturated carbocycles. The van der Waals surface area contributed by atoms with Gasteiger partial charge in [-0.15, -0.1) is 0 Å². The average molecular weight is 463 g/mol. The van der Waals surface area contributed by atoms with Crippen molar-refractivity contribution < 1.29 is 18.7 Å². The normalized spacial score (nSPS) is 15.2. The summed E-state index contributed by atoms with van der Waals surface area (Å²) >= 11 is 0. The molecule has 0 bridgehead atoms. The topological polar surface area (TPSA) is 76.6 Å². The third kappa shape index (κ3) is 4.66. The number of nitrogens with one attached hydrogen (secondary N) is 1. The lowest BCUT2D eigenvalue weighted by Gasteiger charge is -2.33. The first-order valence-corrected chi connectivity index (χ1v) is 11.6. The minimum Gasteiger partial charge on any atom is -0.454 e. The third-order valence-electron chi connectivity index (χ3n) is 6.46. The maximum atomic E-state index is 13.4. The van der Waals surface area contributed by atoms with Crippen LogP contribution in [-0.2, 0) is 6.54 Å². The average Bonchev–Trinajstić information content (AvgIpc) is 3.35. The van der Waals surface area contributed by atoms with Crippen LogP contribution in [0.4, 0.5) is 10.2 Å². The zero-order valence-corrected chi connectivity index (χ0v) is 19.1. The zero-order chi connectivity index (χ0) is 23.5. The minimum absolute atomic E-state index is 0.208. The molecule has 1 aliphatic carbocycles. The van der Waals surface area contributed by atoms with E-state index >= 15 is 0 Å². The molecule has 1 N–H and O–H groups in total. The van der Waals surface area contributed by atoms with E-state index < -0.39 is 0 Å². The van der Waals surface area contributed by atoms with Crippen LogP contribution in [0.1, 0.15) is 48.0 Å². The Morgan fingerprint density at radius 2 is 1.85 bits per heavy atom. The lowest BCUT2D eigenvalue weighted by Crippen LogP contribution is -2.36. The number of anilines is 1. The van der Waals surface area contributed by atoms with Crippen LogP contribution in [0.25, 0.3) is 11.4 Å². The molecule has 7 nitrogen and oxygen atoms in total. The highest BCUT2D eigenvalue weighted by molar-refractivity contribution is 5.99. The highest BCUT2D eigenvalue weighted by atomic mass is 19.1. The predicted octanol–water partition coefficient (Wildman–Crippen LogP) is 4.71. The Balaban J connectivity index is 1.41. The molecule has 1 aromatic heterocycles. The summed E-state index contributed by atoms with van der Waals surface area (Å²) in [5.41, 5.74) is 2.02. The second kappa shape index (κ2) is 9.67. The molecule has 34 heavy (non-hydrogen) atoms. The number of aromatic nitrogens is 2. The lowest BCUT2D eigenvalue weighted by molar-refractivity contribution is 0.0950. The van der Waals surface area contributed by atoms with Gasteiger partial charge in [0.25, 0.3) is 5.91 Å². The van der Waals surface area contributed by atoms with Crippen LogP contribution in [0.2, 0.25) is 0 Å². The van der Waals surface area contributed by atoms with Gasteiger partial charge in [0.1, 0.15) is 17.2 Å². The van der Waals surface area contributed by atoms with Crippen LogP contribution in [0.5, 0.6) is 11.5 Å². The number of halogens is 1. The summed E-state index contributed by atoms with van der Waals surface area (Å²) in [6.07, 6.45) is 7.25. The van der Waals surface area contributed by atoms with Crippen molar-refractivity contribution >= 4 is 11.7 Å². The van der Waals surface area contributed by atoms with Crippen molar-refractivity contribution in [1.29, 1.82) is 0 Å². The van der Waals surface area contributed by atoms with Crippen LogP contribution in [0.15, 0.2) is 48.7 Å². The molecule has 8 heteroatoms. The zero-order valence-electron chi connectivity index (χ0n) is 19.1. The number of nitrogens with zero attached hydrogens (tertiary/aromatic N) is 3. The Morgan fingerprint density at radius 3 is 2.65 bits per heavy atom.